The third-order valence-corrected chi connectivity index (χ3v) is 4.27. The molecule has 0 bridgehead atoms. The van der Waals surface area contributed by atoms with Crippen LogP contribution in [-0.2, 0) is 16.1 Å². The van der Waals surface area contributed by atoms with E-state index in [1.165, 1.54) is 0 Å². The first kappa shape index (κ1) is 16.0. The highest BCUT2D eigenvalue weighted by molar-refractivity contribution is 5.75. The Kier molecular flexibility index (Phi) is 5.36. The predicted octanol–water partition coefficient (Wildman–Crippen LogP) is 1.26. The van der Waals surface area contributed by atoms with Crippen LogP contribution in [-0.4, -0.2) is 65.6 Å². The van der Waals surface area contributed by atoms with Gasteiger partial charge in [-0.1, -0.05) is 0 Å². The molecule has 1 aromatic rings. The van der Waals surface area contributed by atoms with Crippen LogP contribution < -0.4 is 0 Å². The molecule has 118 valence electrons. The second kappa shape index (κ2) is 7.04. The van der Waals surface area contributed by atoms with Gasteiger partial charge in [-0.15, -0.1) is 0 Å². The lowest BCUT2D eigenvalue weighted by Gasteiger charge is -2.41. The van der Waals surface area contributed by atoms with Crippen molar-refractivity contribution in [3.05, 3.63) is 18.2 Å². The highest BCUT2D eigenvalue weighted by Crippen LogP contribution is 2.30. The number of aromatic nitrogens is 2. The number of ether oxygens (including phenoxy) is 1. The number of imidazole rings is 1. The summed E-state index contributed by atoms with van der Waals surface area (Å²) in [6.45, 7) is 2.71. The van der Waals surface area contributed by atoms with Crippen molar-refractivity contribution in [3.8, 4) is 0 Å². The fourth-order valence-corrected chi connectivity index (χ4v) is 2.95. The highest BCUT2D eigenvalue weighted by atomic mass is 16.5. The van der Waals surface area contributed by atoms with Crippen molar-refractivity contribution in [3.63, 3.8) is 0 Å². The van der Waals surface area contributed by atoms with E-state index in [0.29, 0.717) is 6.42 Å². The molecule has 0 aliphatic carbocycles. The average molecular weight is 294 g/mol. The number of methoxy groups -OCH3 is 1. The molecule has 2 rings (SSSR count). The zero-order chi connectivity index (χ0) is 15.3. The van der Waals surface area contributed by atoms with E-state index in [4.69, 9.17) is 4.74 Å². The fourth-order valence-electron chi connectivity index (χ4n) is 2.95. The van der Waals surface area contributed by atoms with Gasteiger partial charge >= 0.3 is 0 Å². The third kappa shape index (κ3) is 4.28. The van der Waals surface area contributed by atoms with Gasteiger partial charge in [0.05, 0.1) is 12.1 Å². The molecule has 0 saturated carbocycles. The minimum atomic E-state index is -0.212. The van der Waals surface area contributed by atoms with E-state index in [2.05, 4.69) is 14.9 Å². The molecule has 21 heavy (non-hydrogen) atoms. The number of amides is 1. The first-order valence-corrected chi connectivity index (χ1v) is 7.50. The molecule has 2 heterocycles. The van der Waals surface area contributed by atoms with Gasteiger partial charge in [0, 0.05) is 46.6 Å². The van der Waals surface area contributed by atoms with Crippen LogP contribution in [0.15, 0.2) is 12.4 Å². The summed E-state index contributed by atoms with van der Waals surface area (Å²) in [7, 11) is 5.36. The Morgan fingerprint density at radius 1 is 1.57 bits per heavy atom. The van der Waals surface area contributed by atoms with Crippen molar-refractivity contribution in [2.45, 2.75) is 37.8 Å². The van der Waals surface area contributed by atoms with Crippen LogP contribution in [0.25, 0.3) is 0 Å². The van der Waals surface area contributed by atoms with Gasteiger partial charge in [0.15, 0.2) is 0 Å². The van der Waals surface area contributed by atoms with E-state index < -0.39 is 0 Å². The van der Waals surface area contributed by atoms with E-state index in [1.807, 2.05) is 6.20 Å². The Balaban J connectivity index is 1.93. The lowest BCUT2D eigenvalue weighted by molar-refractivity contribution is -0.132. The largest absolute Gasteiger partial charge is 0.377 e. The number of piperidine rings is 1. The molecule has 0 aromatic carbocycles. The number of carbonyl (C=O) groups excluding carboxylic acids is 1. The van der Waals surface area contributed by atoms with E-state index in [-0.39, 0.29) is 11.5 Å². The third-order valence-electron chi connectivity index (χ3n) is 4.27. The summed E-state index contributed by atoms with van der Waals surface area (Å²) < 4.78 is 5.82. The summed E-state index contributed by atoms with van der Waals surface area (Å²) in [5.41, 5.74) is -0.212. The summed E-state index contributed by atoms with van der Waals surface area (Å²) in [6.07, 6.45) is 7.03. The number of carbonyl (C=O) groups is 1. The molecular formula is C15H26N4O2. The maximum atomic E-state index is 11.8. The fraction of sp³-hybridized carbons (Fsp3) is 0.733. The molecule has 6 heteroatoms. The number of hydrogen-bond acceptors (Lipinski definition) is 4. The van der Waals surface area contributed by atoms with Gasteiger partial charge in [-0.2, -0.15) is 0 Å². The van der Waals surface area contributed by atoms with E-state index in [0.717, 1.165) is 44.7 Å². The topological polar surface area (TPSA) is 61.5 Å². The molecule has 1 saturated heterocycles. The van der Waals surface area contributed by atoms with Gasteiger partial charge < -0.3 is 14.6 Å². The summed E-state index contributed by atoms with van der Waals surface area (Å²) in [6, 6.07) is 0. The van der Waals surface area contributed by atoms with Gasteiger partial charge in [-0.05, 0) is 25.8 Å². The minimum absolute atomic E-state index is 0.162. The summed E-state index contributed by atoms with van der Waals surface area (Å²) in [5, 5.41) is 0. The highest BCUT2D eigenvalue weighted by Gasteiger charge is 2.36. The molecule has 0 spiro atoms. The van der Waals surface area contributed by atoms with Gasteiger partial charge in [-0.25, -0.2) is 4.98 Å². The number of hydrogen-bond donors (Lipinski definition) is 1. The number of likely N-dealkylation sites (tertiary alicyclic amines) is 1. The van der Waals surface area contributed by atoms with Crippen LogP contribution in [0.2, 0.25) is 0 Å². The van der Waals surface area contributed by atoms with E-state index in [9.17, 15) is 4.79 Å². The first-order chi connectivity index (χ1) is 10.0. The molecule has 0 radical (unpaired) electrons. The summed E-state index contributed by atoms with van der Waals surface area (Å²) >= 11 is 0. The normalized spacial score (nSPS) is 23.2. The van der Waals surface area contributed by atoms with Crippen molar-refractivity contribution in [1.29, 1.82) is 0 Å². The molecule has 1 amide bonds. The second-order valence-corrected chi connectivity index (χ2v) is 6.03. The van der Waals surface area contributed by atoms with Crippen LogP contribution in [0.1, 0.15) is 31.5 Å². The Morgan fingerprint density at radius 3 is 3.00 bits per heavy atom. The zero-order valence-electron chi connectivity index (χ0n) is 13.3. The van der Waals surface area contributed by atoms with Gasteiger partial charge in [0.1, 0.15) is 5.82 Å². The van der Waals surface area contributed by atoms with Crippen LogP contribution >= 0.6 is 0 Å². The minimum Gasteiger partial charge on any atom is -0.377 e. The lowest BCUT2D eigenvalue weighted by atomic mass is 9.87. The number of rotatable bonds is 6. The SMILES string of the molecule is CO[C@@]1(CCC(=O)N(C)C)CCCN(Cc2ncc[nH]2)C1. The second-order valence-electron chi connectivity index (χ2n) is 6.03. The zero-order valence-corrected chi connectivity index (χ0v) is 13.3. The maximum absolute atomic E-state index is 11.8. The maximum Gasteiger partial charge on any atom is 0.222 e. The molecule has 1 fully saturated rings. The van der Waals surface area contributed by atoms with Crippen molar-refractivity contribution in [2.75, 3.05) is 34.3 Å². The number of H-pyrrole nitrogens is 1. The molecule has 1 atom stereocenters. The monoisotopic (exact) mass is 294 g/mol. The Hall–Kier alpha value is -1.40. The summed E-state index contributed by atoms with van der Waals surface area (Å²) in [5.74, 6) is 1.14. The van der Waals surface area contributed by atoms with E-state index >= 15 is 0 Å². The van der Waals surface area contributed by atoms with Crippen molar-refractivity contribution in [2.24, 2.45) is 0 Å². The Bertz CT molecular complexity index is 447. The smallest absolute Gasteiger partial charge is 0.222 e. The van der Waals surface area contributed by atoms with Gasteiger partial charge in [0.2, 0.25) is 5.91 Å². The van der Waals surface area contributed by atoms with Gasteiger partial charge in [-0.3, -0.25) is 9.69 Å². The average Bonchev–Trinajstić information content (AvgIpc) is 2.98. The quantitative estimate of drug-likeness (QED) is 0.858. The van der Waals surface area contributed by atoms with Gasteiger partial charge in [0.25, 0.3) is 0 Å². The molecule has 0 unspecified atom stereocenters. The number of aromatic amines is 1. The van der Waals surface area contributed by atoms with Crippen molar-refractivity contribution >= 4 is 5.91 Å². The Morgan fingerprint density at radius 2 is 2.38 bits per heavy atom. The molecule has 1 aliphatic rings. The molecule has 1 aliphatic heterocycles. The first-order valence-electron chi connectivity index (χ1n) is 7.50. The summed E-state index contributed by atoms with van der Waals surface area (Å²) in [4.78, 5) is 23.2. The van der Waals surface area contributed by atoms with E-state index in [1.54, 1.807) is 32.3 Å². The number of nitrogens with one attached hydrogen (secondary N) is 1. The van der Waals surface area contributed by atoms with Crippen molar-refractivity contribution in [1.82, 2.24) is 19.8 Å². The Labute approximate surface area is 126 Å². The van der Waals surface area contributed by atoms with Crippen molar-refractivity contribution < 1.29 is 9.53 Å². The standard InChI is InChI=1S/C15H26N4O2/c1-18(2)14(20)5-7-15(21-3)6-4-10-19(12-15)11-13-16-8-9-17-13/h8-9H,4-7,10-12H2,1-3H3,(H,16,17)/t15-/m1/s1. The van der Waals surface area contributed by atoms with Crippen LogP contribution in [0.3, 0.4) is 0 Å². The number of nitrogens with zero attached hydrogens (tertiary/aromatic N) is 3. The lowest BCUT2D eigenvalue weighted by Crippen LogP contribution is -2.49. The van der Waals surface area contributed by atoms with Crippen LogP contribution in [0.4, 0.5) is 0 Å². The molecule has 6 nitrogen and oxygen atoms in total. The molecule has 1 N–H and O–H groups in total. The van der Waals surface area contributed by atoms with Crippen LogP contribution in [0.5, 0.6) is 0 Å². The molecular weight excluding hydrogens is 268 g/mol. The predicted molar refractivity (Wildman–Crippen MR) is 80.8 cm³/mol. The van der Waals surface area contributed by atoms with Crippen LogP contribution in [0, 0.1) is 0 Å². The molecule has 1 aromatic heterocycles.